The van der Waals surface area contributed by atoms with Gasteiger partial charge in [-0.1, -0.05) is 71.4 Å². The van der Waals surface area contributed by atoms with Crippen molar-refractivity contribution >= 4 is 40.3 Å². The molecule has 0 aliphatic rings. The summed E-state index contributed by atoms with van der Waals surface area (Å²) in [6.45, 7) is 7.05. The third-order valence-corrected chi connectivity index (χ3v) is 6.86. The van der Waals surface area contributed by atoms with Gasteiger partial charge in [-0.2, -0.15) is 5.10 Å². The van der Waals surface area contributed by atoms with Gasteiger partial charge in [-0.3, -0.25) is 18.8 Å². The fraction of sp³-hybridized carbons (Fsp3) is 0.280. The lowest BCUT2D eigenvalue weighted by Gasteiger charge is -2.14. The number of amides is 1. The topological polar surface area (TPSA) is 81.8 Å². The van der Waals surface area contributed by atoms with Crippen LogP contribution in [0.15, 0.2) is 58.5 Å². The van der Waals surface area contributed by atoms with Crippen molar-refractivity contribution in [3.63, 3.8) is 0 Å². The zero-order valence-electron chi connectivity index (χ0n) is 19.3. The number of fused-ring (bicyclic) bond motifs is 1. The number of hydrogen-bond acceptors (Lipinski definition) is 5. The van der Waals surface area contributed by atoms with E-state index in [0.717, 1.165) is 11.1 Å². The predicted molar refractivity (Wildman–Crippen MR) is 137 cm³/mol. The van der Waals surface area contributed by atoms with Gasteiger partial charge in [0.15, 0.2) is 10.7 Å². The Hall–Kier alpha value is -3.10. The van der Waals surface area contributed by atoms with Crippen molar-refractivity contribution < 1.29 is 4.79 Å². The van der Waals surface area contributed by atoms with Crippen LogP contribution in [0.5, 0.6) is 0 Å². The quantitative estimate of drug-likeness (QED) is 0.290. The van der Waals surface area contributed by atoms with Crippen molar-refractivity contribution in [3.8, 4) is 0 Å². The van der Waals surface area contributed by atoms with Gasteiger partial charge in [-0.25, -0.2) is 4.98 Å². The molecule has 0 atom stereocenters. The van der Waals surface area contributed by atoms with E-state index in [0.29, 0.717) is 40.0 Å². The van der Waals surface area contributed by atoms with Crippen LogP contribution in [0.1, 0.15) is 29.3 Å². The third-order valence-electron chi connectivity index (χ3n) is 5.51. The first-order valence-electron chi connectivity index (χ1n) is 11.0. The molecule has 176 valence electrons. The lowest BCUT2D eigenvalue weighted by molar-refractivity contribution is -0.118. The molecule has 34 heavy (non-hydrogen) atoms. The molecule has 0 unspecified atom stereocenters. The number of aromatic nitrogens is 4. The Balaban J connectivity index is 1.61. The standard InChI is InChI=1S/C25H26ClN5O2S/c1-4-31-23-22(17(3)29-31)28-25(30(24(23)33)14-19-7-5-6-8-20(19)26)34-15-21(32)27-13-18-11-9-16(2)10-12-18/h5-12H,4,13-15H2,1-3H3,(H,27,32). The molecule has 4 rings (SSSR count). The van der Waals surface area contributed by atoms with E-state index in [2.05, 4.69) is 10.4 Å². The number of aryl methyl sites for hydroxylation is 3. The molecule has 2 aromatic heterocycles. The van der Waals surface area contributed by atoms with E-state index in [9.17, 15) is 9.59 Å². The highest BCUT2D eigenvalue weighted by atomic mass is 35.5. The minimum atomic E-state index is -0.199. The molecule has 4 aromatic rings. The molecule has 0 saturated heterocycles. The second-order valence-corrected chi connectivity index (χ2v) is 9.38. The van der Waals surface area contributed by atoms with Crippen LogP contribution in [0.2, 0.25) is 5.02 Å². The molecule has 1 N–H and O–H groups in total. The number of benzene rings is 2. The van der Waals surface area contributed by atoms with E-state index in [1.807, 2.05) is 63.2 Å². The number of halogens is 1. The maximum Gasteiger partial charge on any atom is 0.280 e. The van der Waals surface area contributed by atoms with Gasteiger partial charge in [0.05, 0.1) is 18.0 Å². The summed E-state index contributed by atoms with van der Waals surface area (Å²) in [5, 5.41) is 8.43. The highest BCUT2D eigenvalue weighted by Crippen LogP contribution is 2.23. The zero-order chi connectivity index (χ0) is 24.2. The first-order valence-corrected chi connectivity index (χ1v) is 12.4. The maximum atomic E-state index is 13.5. The Kier molecular flexibility index (Phi) is 7.38. The molecule has 7 nitrogen and oxygen atoms in total. The molecule has 0 radical (unpaired) electrons. The summed E-state index contributed by atoms with van der Waals surface area (Å²) in [4.78, 5) is 30.9. The third kappa shape index (κ3) is 5.18. The molecule has 9 heteroatoms. The Bertz CT molecular complexity index is 1400. The molecular weight excluding hydrogens is 470 g/mol. The molecule has 0 saturated carbocycles. The number of nitrogens with zero attached hydrogens (tertiary/aromatic N) is 4. The summed E-state index contributed by atoms with van der Waals surface area (Å²) >= 11 is 7.60. The van der Waals surface area contributed by atoms with E-state index in [-0.39, 0.29) is 23.8 Å². The van der Waals surface area contributed by atoms with Crippen LogP contribution in [0.3, 0.4) is 0 Å². The van der Waals surface area contributed by atoms with Crippen molar-refractivity contribution in [1.82, 2.24) is 24.6 Å². The number of hydrogen-bond donors (Lipinski definition) is 1. The van der Waals surface area contributed by atoms with Gasteiger partial charge in [0, 0.05) is 18.1 Å². The van der Waals surface area contributed by atoms with Crippen LogP contribution in [0, 0.1) is 13.8 Å². The number of rotatable bonds is 8. The smallest absolute Gasteiger partial charge is 0.280 e. The number of carbonyl (C=O) groups is 1. The Labute approximate surface area is 207 Å². The van der Waals surface area contributed by atoms with Crippen LogP contribution in [0.4, 0.5) is 0 Å². The fourth-order valence-electron chi connectivity index (χ4n) is 3.65. The summed E-state index contributed by atoms with van der Waals surface area (Å²) in [6, 6.07) is 15.4. The van der Waals surface area contributed by atoms with Gasteiger partial charge in [-0.15, -0.1) is 0 Å². The Morgan fingerprint density at radius 1 is 1.12 bits per heavy atom. The van der Waals surface area contributed by atoms with E-state index >= 15 is 0 Å². The van der Waals surface area contributed by atoms with Gasteiger partial charge in [-0.05, 0) is 38.0 Å². The van der Waals surface area contributed by atoms with E-state index < -0.39 is 0 Å². The van der Waals surface area contributed by atoms with Crippen molar-refractivity contribution in [2.75, 3.05) is 5.75 Å². The Morgan fingerprint density at radius 3 is 2.56 bits per heavy atom. The summed E-state index contributed by atoms with van der Waals surface area (Å²) < 4.78 is 3.25. The molecular formula is C25H26ClN5O2S. The predicted octanol–water partition coefficient (Wildman–Crippen LogP) is 4.34. The molecule has 0 aliphatic heterocycles. The number of thioether (sulfide) groups is 1. The van der Waals surface area contributed by atoms with E-state index in [4.69, 9.17) is 16.6 Å². The first kappa shape index (κ1) is 24.0. The van der Waals surface area contributed by atoms with Gasteiger partial charge in [0.2, 0.25) is 5.91 Å². The molecule has 2 heterocycles. The maximum absolute atomic E-state index is 13.5. The van der Waals surface area contributed by atoms with Gasteiger partial charge in [0.1, 0.15) is 5.52 Å². The van der Waals surface area contributed by atoms with Crippen LogP contribution < -0.4 is 10.9 Å². The molecule has 0 spiro atoms. The molecule has 2 aromatic carbocycles. The lowest BCUT2D eigenvalue weighted by atomic mass is 10.1. The highest BCUT2D eigenvalue weighted by Gasteiger charge is 2.19. The highest BCUT2D eigenvalue weighted by molar-refractivity contribution is 7.99. The summed E-state index contributed by atoms with van der Waals surface area (Å²) in [6.07, 6.45) is 0. The lowest BCUT2D eigenvalue weighted by Crippen LogP contribution is -2.28. The number of carbonyl (C=O) groups excluding carboxylic acids is 1. The van der Waals surface area contributed by atoms with Gasteiger partial charge in [0.25, 0.3) is 5.56 Å². The summed E-state index contributed by atoms with van der Waals surface area (Å²) in [5.41, 5.74) is 4.51. The van der Waals surface area contributed by atoms with Crippen molar-refractivity contribution in [2.24, 2.45) is 0 Å². The second-order valence-electron chi connectivity index (χ2n) is 8.03. The normalized spacial score (nSPS) is 11.2. The minimum absolute atomic E-state index is 0.132. The van der Waals surface area contributed by atoms with Crippen LogP contribution in [-0.4, -0.2) is 31.0 Å². The minimum Gasteiger partial charge on any atom is -0.351 e. The van der Waals surface area contributed by atoms with Crippen LogP contribution in [-0.2, 0) is 24.4 Å². The molecule has 1 amide bonds. The van der Waals surface area contributed by atoms with Gasteiger partial charge < -0.3 is 5.32 Å². The monoisotopic (exact) mass is 495 g/mol. The first-order chi connectivity index (χ1) is 16.4. The molecule has 0 fully saturated rings. The molecule has 0 bridgehead atoms. The number of nitrogens with one attached hydrogen (secondary N) is 1. The molecule has 0 aliphatic carbocycles. The second kappa shape index (κ2) is 10.4. The van der Waals surface area contributed by atoms with Crippen LogP contribution >= 0.6 is 23.4 Å². The average Bonchev–Trinajstić information content (AvgIpc) is 3.16. The van der Waals surface area contributed by atoms with Crippen molar-refractivity contribution in [2.45, 2.75) is 45.6 Å². The summed E-state index contributed by atoms with van der Waals surface area (Å²) in [7, 11) is 0. The zero-order valence-corrected chi connectivity index (χ0v) is 20.9. The Morgan fingerprint density at radius 2 is 1.85 bits per heavy atom. The van der Waals surface area contributed by atoms with Gasteiger partial charge >= 0.3 is 0 Å². The average molecular weight is 496 g/mol. The summed E-state index contributed by atoms with van der Waals surface area (Å²) in [5.74, 6) is -0.00185. The van der Waals surface area contributed by atoms with Crippen LogP contribution in [0.25, 0.3) is 11.0 Å². The van der Waals surface area contributed by atoms with Crippen molar-refractivity contribution in [1.29, 1.82) is 0 Å². The van der Waals surface area contributed by atoms with E-state index in [1.54, 1.807) is 15.3 Å². The van der Waals surface area contributed by atoms with E-state index in [1.165, 1.54) is 17.3 Å². The SMILES string of the molecule is CCn1nc(C)c2nc(SCC(=O)NCc3ccc(C)cc3)n(Cc3ccccc3Cl)c(=O)c21. The fourth-order valence-corrected chi connectivity index (χ4v) is 4.67. The largest absolute Gasteiger partial charge is 0.351 e. The van der Waals surface area contributed by atoms with Crippen molar-refractivity contribution in [3.05, 3.63) is 86.3 Å².